The Kier molecular flexibility index (Phi) is 4.40. The van der Waals surface area contributed by atoms with E-state index in [1.54, 1.807) is 22.4 Å². The van der Waals surface area contributed by atoms with Gasteiger partial charge in [-0.25, -0.2) is 4.39 Å². The average molecular weight is 438 g/mol. The fraction of sp³-hybridized carbons (Fsp3) is 0.480. The molecule has 4 heterocycles. The second-order valence-corrected chi connectivity index (χ2v) is 9.32. The predicted molar refractivity (Wildman–Crippen MR) is 123 cm³/mol. The zero-order chi connectivity index (χ0) is 24.4. The highest BCUT2D eigenvalue weighted by Crippen LogP contribution is 2.38. The highest BCUT2D eigenvalue weighted by atomic mass is 19.1. The van der Waals surface area contributed by atoms with Crippen LogP contribution >= 0.6 is 0 Å². The van der Waals surface area contributed by atoms with Crippen LogP contribution in [0.1, 0.15) is 52.5 Å². The Labute approximate surface area is 190 Å². The van der Waals surface area contributed by atoms with E-state index in [-0.39, 0.29) is 5.92 Å². The van der Waals surface area contributed by atoms with E-state index in [2.05, 4.69) is 10.3 Å². The van der Waals surface area contributed by atoms with Crippen molar-refractivity contribution in [2.75, 3.05) is 0 Å². The van der Waals surface area contributed by atoms with Crippen molar-refractivity contribution in [1.29, 1.82) is 0 Å². The summed E-state index contributed by atoms with van der Waals surface area (Å²) in [6.07, 6.45) is 7.31. The molecule has 0 N–H and O–H groups in total. The first-order chi connectivity index (χ1) is 16.0. The molecule has 1 aliphatic carbocycles. The summed E-state index contributed by atoms with van der Waals surface area (Å²) < 4.78 is 41.6. The quantitative estimate of drug-likeness (QED) is 0.397. The normalized spacial score (nSPS) is 22.9. The van der Waals surface area contributed by atoms with Crippen molar-refractivity contribution in [3.05, 3.63) is 41.8 Å². The van der Waals surface area contributed by atoms with E-state index < -0.39 is 12.2 Å². The maximum atomic E-state index is 14.5. The molecule has 0 spiro atoms. The molecule has 5 rings (SSSR count). The Hall–Kier alpha value is -2.96. The first kappa shape index (κ1) is 18.6. The fourth-order valence-corrected chi connectivity index (χ4v) is 4.85. The summed E-state index contributed by atoms with van der Waals surface area (Å²) in [6, 6.07) is 1.96. The molecule has 32 heavy (non-hydrogen) atoms. The van der Waals surface area contributed by atoms with Gasteiger partial charge < -0.3 is 9.09 Å². The maximum Gasteiger partial charge on any atom is 0.141 e. The Morgan fingerprint density at radius 1 is 1.19 bits per heavy atom. The molecule has 168 valence electrons. The number of nitrogens with zero attached hydrogens (tertiary/aromatic N) is 5. The topological polar surface area (TPSA) is 61.7 Å². The van der Waals surface area contributed by atoms with Gasteiger partial charge in [0, 0.05) is 54.4 Å². The molecule has 0 aliphatic heterocycles. The van der Waals surface area contributed by atoms with Gasteiger partial charge in [-0.05, 0) is 65.4 Å². The van der Waals surface area contributed by atoms with Crippen LogP contribution in [-0.2, 0) is 13.5 Å². The van der Waals surface area contributed by atoms with E-state index in [9.17, 15) is 4.39 Å². The van der Waals surface area contributed by atoms with Crippen LogP contribution in [0.15, 0.2) is 29.2 Å². The van der Waals surface area contributed by atoms with E-state index >= 15 is 0 Å². The molecule has 4 aromatic rings. The molecule has 0 bridgehead atoms. The van der Waals surface area contributed by atoms with Crippen LogP contribution in [0.5, 0.6) is 0 Å². The van der Waals surface area contributed by atoms with Gasteiger partial charge >= 0.3 is 0 Å². The van der Waals surface area contributed by atoms with E-state index in [0.717, 1.165) is 33.6 Å². The molecule has 0 unspecified atom stereocenters. The Morgan fingerprint density at radius 3 is 2.56 bits per heavy atom. The largest absolute Gasteiger partial charge is 0.361 e. The van der Waals surface area contributed by atoms with E-state index in [1.807, 2.05) is 46.3 Å². The molecule has 0 saturated heterocycles. The minimum atomic E-state index is -1.71. The summed E-state index contributed by atoms with van der Waals surface area (Å²) in [6.45, 7) is 5.59. The summed E-state index contributed by atoms with van der Waals surface area (Å²) in [7, 11) is 1.87. The lowest BCUT2D eigenvalue weighted by Crippen LogP contribution is -2.27. The number of alkyl halides is 1. The van der Waals surface area contributed by atoms with Crippen molar-refractivity contribution >= 4 is 11.0 Å². The van der Waals surface area contributed by atoms with Crippen LogP contribution in [0, 0.1) is 26.7 Å². The van der Waals surface area contributed by atoms with Crippen molar-refractivity contribution in [2.45, 2.75) is 65.5 Å². The molecular formula is C25H30FN5O. The third kappa shape index (κ3) is 3.63. The lowest BCUT2D eigenvalue weighted by molar-refractivity contribution is 0.0985. The second-order valence-electron chi connectivity index (χ2n) is 9.32. The summed E-state index contributed by atoms with van der Waals surface area (Å²) in [5, 5.41) is 8.54. The van der Waals surface area contributed by atoms with Gasteiger partial charge in [-0.15, -0.1) is 0 Å². The second kappa shape index (κ2) is 7.57. The Bertz CT molecular complexity index is 1350. The fourth-order valence-electron chi connectivity index (χ4n) is 4.85. The average Bonchev–Trinajstić information content (AvgIpc) is 3.41. The molecule has 1 aliphatic rings. The highest BCUT2D eigenvalue weighted by Gasteiger charge is 2.31. The van der Waals surface area contributed by atoms with Gasteiger partial charge in [0.05, 0.1) is 25.2 Å². The van der Waals surface area contributed by atoms with Crippen LogP contribution in [0.3, 0.4) is 0 Å². The molecule has 1 saturated carbocycles. The molecule has 0 amide bonds. The van der Waals surface area contributed by atoms with Crippen LogP contribution in [0.4, 0.5) is 4.39 Å². The number of aromatic nitrogens is 5. The lowest BCUT2D eigenvalue weighted by Gasteiger charge is -2.31. The first-order valence-electron chi connectivity index (χ1n) is 12.1. The van der Waals surface area contributed by atoms with Crippen molar-refractivity contribution in [2.24, 2.45) is 13.0 Å². The van der Waals surface area contributed by atoms with Crippen molar-refractivity contribution in [3.63, 3.8) is 0 Å². The molecule has 0 aromatic carbocycles. The van der Waals surface area contributed by atoms with Gasteiger partial charge in [0.1, 0.15) is 11.4 Å². The maximum absolute atomic E-state index is 14.5. The number of halogens is 1. The third-order valence-corrected chi connectivity index (χ3v) is 6.62. The summed E-state index contributed by atoms with van der Waals surface area (Å²) in [5.74, 6) is 0.398. The summed E-state index contributed by atoms with van der Waals surface area (Å²) in [4.78, 5) is 4.79. The zero-order valence-corrected chi connectivity index (χ0v) is 19.2. The molecule has 0 radical (unpaired) electrons. The molecular weight excluding hydrogens is 405 g/mol. The van der Waals surface area contributed by atoms with Crippen LogP contribution in [0.25, 0.3) is 33.3 Å². The highest BCUT2D eigenvalue weighted by molar-refractivity contribution is 5.95. The molecule has 1 fully saturated rings. The Morgan fingerprint density at radius 2 is 1.94 bits per heavy atom. The van der Waals surface area contributed by atoms with Crippen LogP contribution in [-0.4, -0.2) is 30.2 Å². The number of rotatable bonds is 4. The molecule has 7 heteroatoms. The summed E-state index contributed by atoms with van der Waals surface area (Å²) in [5.41, 5.74) is 5.24. The van der Waals surface area contributed by atoms with Crippen LogP contribution in [0.2, 0.25) is 0 Å². The lowest BCUT2D eigenvalue weighted by atomic mass is 9.81. The van der Waals surface area contributed by atoms with Gasteiger partial charge in [0.15, 0.2) is 0 Å². The van der Waals surface area contributed by atoms with Crippen molar-refractivity contribution < 1.29 is 11.7 Å². The summed E-state index contributed by atoms with van der Waals surface area (Å²) >= 11 is 0. The Balaban J connectivity index is 1.71. The standard InChI is InChI=1S/C25H30FN5O/c1-15-20(13-30(5)28-15)21-14-31(12-18-6-8-25(4,26)9-7-18)22-10-19(11-27-24(21)22)23-16(2)29-32-17(23)3/h10-11,13-14,18H,6-9,12H2,1-5H3/i12D2. The van der Waals surface area contributed by atoms with Crippen molar-refractivity contribution in [3.8, 4) is 22.3 Å². The van der Waals surface area contributed by atoms with Gasteiger partial charge in [-0.3, -0.25) is 9.67 Å². The van der Waals surface area contributed by atoms with E-state index in [0.29, 0.717) is 42.5 Å². The minimum Gasteiger partial charge on any atom is -0.361 e. The number of hydrogen-bond acceptors (Lipinski definition) is 4. The first-order valence-corrected chi connectivity index (χ1v) is 11.1. The van der Waals surface area contributed by atoms with Gasteiger partial charge in [0.2, 0.25) is 0 Å². The van der Waals surface area contributed by atoms with Crippen LogP contribution < -0.4 is 0 Å². The van der Waals surface area contributed by atoms with E-state index in [1.165, 1.54) is 0 Å². The smallest absolute Gasteiger partial charge is 0.141 e. The predicted octanol–water partition coefficient (Wildman–Crippen LogP) is 5.94. The van der Waals surface area contributed by atoms with Gasteiger partial charge in [-0.1, -0.05) is 5.16 Å². The SMILES string of the molecule is [2H]C([2H])(C1CCC(C)(F)CC1)n1cc(-c2cn(C)nc2C)c2ncc(-c3c(C)noc3C)cc21. The minimum absolute atomic E-state index is 0.294. The number of hydrogen-bond donors (Lipinski definition) is 0. The third-order valence-electron chi connectivity index (χ3n) is 6.62. The number of fused-ring (bicyclic) bond motifs is 1. The molecule has 4 aromatic heterocycles. The van der Waals surface area contributed by atoms with Gasteiger partial charge in [0.25, 0.3) is 0 Å². The number of pyridine rings is 1. The number of aryl methyl sites for hydroxylation is 4. The van der Waals surface area contributed by atoms with Crippen molar-refractivity contribution in [1.82, 2.24) is 24.5 Å². The zero-order valence-electron chi connectivity index (χ0n) is 21.2. The van der Waals surface area contributed by atoms with E-state index in [4.69, 9.17) is 12.2 Å². The van der Waals surface area contributed by atoms with Gasteiger partial charge in [-0.2, -0.15) is 5.10 Å². The molecule has 0 atom stereocenters. The monoisotopic (exact) mass is 437 g/mol. The molecule has 6 nitrogen and oxygen atoms in total.